The van der Waals surface area contributed by atoms with Crippen LogP contribution in [0.5, 0.6) is 0 Å². The van der Waals surface area contributed by atoms with Gasteiger partial charge in [0.2, 0.25) is 0 Å². The molecule has 132 valence electrons. The molecule has 4 heteroatoms. The van der Waals surface area contributed by atoms with Gasteiger partial charge in [0.1, 0.15) is 6.10 Å². The molecule has 1 aliphatic heterocycles. The van der Waals surface area contributed by atoms with Gasteiger partial charge in [0.25, 0.3) is 5.91 Å². The van der Waals surface area contributed by atoms with E-state index in [9.17, 15) is 9.59 Å². The van der Waals surface area contributed by atoms with Gasteiger partial charge in [-0.2, -0.15) is 0 Å². The van der Waals surface area contributed by atoms with Crippen LogP contribution in [-0.4, -0.2) is 42.4 Å². The Morgan fingerprint density at radius 2 is 1.75 bits per heavy atom. The van der Waals surface area contributed by atoms with Crippen molar-refractivity contribution in [3.8, 4) is 0 Å². The van der Waals surface area contributed by atoms with Crippen molar-refractivity contribution >= 4 is 11.7 Å². The highest BCUT2D eigenvalue weighted by atomic mass is 16.5. The Morgan fingerprint density at radius 1 is 1.12 bits per heavy atom. The summed E-state index contributed by atoms with van der Waals surface area (Å²) in [6, 6.07) is 9.62. The fourth-order valence-electron chi connectivity index (χ4n) is 3.52. The van der Waals surface area contributed by atoms with Gasteiger partial charge in [0, 0.05) is 25.5 Å². The molecule has 0 radical (unpaired) electrons. The number of amides is 1. The third kappa shape index (κ3) is 3.86. The van der Waals surface area contributed by atoms with Gasteiger partial charge in [-0.15, -0.1) is 0 Å². The van der Waals surface area contributed by atoms with Crippen LogP contribution in [0.4, 0.5) is 0 Å². The summed E-state index contributed by atoms with van der Waals surface area (Å²) < 4.78 is 5.77. The molecule has 0 bridgehead atoms. The SMILES string of the molecule is CC(C)C(=O)[C@H](C(C)C)N(C)C(=O)[C@@H]1OCC[C@@H]1c1ccccc1. The van der Waals surface area contributed by atoms with E-state index >= 15 is 0 Å². The summed E-state index contributed by atoms with van der Waals surface area (Å²) in [5.41, 5.74) is 1.12. The minimum atomic E-state index is -0.501. The first kappa shape index (κ1) is 18.7. The van der Waals surface area contributed by atoms with Crippen LogP contribution in [0.3, 0.4) is 0 Å². The van der Waals surface area contributed by atoms with E-state index in [0.717, 1.165) is 12.0 Å². The molecule has 0 aromatic heterocycles. The Labute approximate surface area is 145 Å². The highest BCUT2D eigenvalue weighted by Crippen LogP contribution is 2.33. The van der Waals surface area contributed by atoms with E-state index in [4.69, 9.17) is 4.74 Å². The Morgan fingerprint density at radius 3 is 2.29 bits per heavy atom. The Bertz CT molecular complexity index is 568. The summed E-state index contributed by atoms with van der Waals surface area (Å²) in [5, 5.41) is 0. The second-order valence-corrected chi connectivity index (χ2v) is 7.29. The van der Waals surface area contributed by atoms with Gasteiger partial charge >= 0.3 is 0 Å². The maximum Gasteiger partial charge on any atom is 0.252 e. The number of ether oxygens (including phenoxy) is 1. The highest BCUT2D eigenvalue weighted by molar-refractivity contribution is 5.92. The van der Waals surface area contributed by atoms with Crippen LogP contribution in [0.2, 0.25) is 0 Å². The van der Waals surface area contributed by atoms with E-state index in [-0.39, 0.29) is 29.4 Å². The van der Waals surface area contributed by atoms with Crippen molar-refractivity contribution in [3.05, 3.63) is 35.9 Å². The summed E-state index contributed by atoms with van der Waals surface area (Å²) in [7, 11) is 1.73. The van der Waals surface area contributed by atoms with Crippen molar-refractivity contribution in [1.82, 2.24) is 4.90 Å². The number of hydrogen-bond donors (Lipinski definition) is 0. The number of hydrogen-bond acceptors (Lipinski definition) is 3. The molecule has 0 spiro atoms. The smallest absolute Gasteiger partial charge is 0.252 e. The predicted octanol–water partition coefficient (Wildman–Crippen LogP) is 3.27. The molecule has 0 unspecified atom stereocenters. The van der Waals surface area contributed by atoms with E-state index in [0.29, 0.717) is 6.61 Å². The molecule has 24 heavy (non-hydrogen) atoms. The molecule has 1 heterocycles. The Hall–Kier alpha value is -1.68. The molecule has 2 rings (SSSR count). The van der Waals surface area contributed by atoms with Gasteiger partial charge in [0.15, 0.2) is 5.78 Å². The molecule has 1 saturated heterocycles. The molecular formula is C20H29NO3. The monoisotopic (exact) mass is 331 g/mol. The average molecular weight is 331 g/mol. The van der Waals surface area contributed by atoms with Gasteiger partial charge in [-0.25, -0.2) is 0 Å². The second-order valence-electron chi connectivity index (χ2n) is 7.29. The van der Waals surface area contributed by atoms with Crippen LogP contribution < -0.4 is 0 Å². The van der Waals surface area contributed by atoms with Gasteiger partial charge in [-0.1, -0.05) is 58.0 Å². The van der Waals surface area contributed by atoms with Crippen LogP contribution in [0, 0.1) is 11.8 Å². The third-order valence-electron chi connectivity index (χ3n) is 4.82. The normalized spacial score (nSPS) is 22.0. The van der Waals surface area contributed by atoms with Gasteiger partial charge in [-0.05, 0) is 17.9 Å². The van der Waals surface area contributed by atoms with E-state index in [2.05, 4.69) is 0 Å². The number of carbonyl (C=O) groups is 2. The Kier molecular flexibility index (Phi) is 6.16. The maximum absolute atomic E-state index is 13.1. The van der Waals surface area contributed by atoms with Gasteiger partial charge in [0.05, 0.1) is 6.04 Å². The van der Waals surface area contributed by atoms with Gasteiger partial charge in [-0.3, -0.25) is 9.59 Å². The molecule has 0 N–H and O–H groups in total. The largest absolute Gasteiger partial charge is 0.368 e. The summed E-state index contributed by atoms with van der Waals surface area (Å²) in [6.45, 7) is 8.32. The fraction of sp³-hybridized carbons (Fsp3) is 0.600. The lowest BCUT2D eigenvalue weighted by atomic mass is 9.89. The first-order valence-corrected chi connectivity index (χ1v) is 8.81. The molecular weight excluding hydrogens is 302 g/mol. The van der Waals surface area contributed by atoms with Crippen LogP contribution in [0.25, 0.3) is 0 Å². The zero-order valence-electron chi connectivity index (χ0n) is 15.4. The van der Waals surface area contributed by atoms with Crippen LogP contribution in [-0.2, 0) is 14.3 Å². The minimum absolute atomic E-state index is 0.0584. The molecule has 3 atom stereocenters. The van der Waals surface area contributed by atoms with Crippen molar-refractivity contribution in [2.45, 2.75) is 52.2 Å². The van der Waals surface area contributed by atoms with Crippen molar-refractivity contribution < 1.29 is 14.3 Å². The van der Waals surface area contributed by atoms with Gasteiger partial charge < -0.3 is 9.64 Å². The molecule has 0 saturated carbocycles. The molecule has 1 aromatic rings. The summed E-state index contributed by atoms with van der Waals surface area (Å²) in [4.78, 5) is 27.2. The molecule has 1 aromatic carbocycles. The highest BCUT2D eigenvalue weighted by Gasteiger charge is 2.40. The number of likely N-dealkylation sites (N-methyl/N-ethyl adjacent to an activating group) is 1. The maximum atomic E-state index is 13.1. The topological polar surface area (TPSA) is 46.6 Å². The number of rotatable bonds is 6. The quantitative estimate of drug-likeness (QED) is 0.804. The summed E-state index contributed by atoms with van der Waals surface area (Å²) >= 11 is 0. The molecule has 1 aliphatic rings. The van der Waals surface area contributed by atoms with Crippen molar-refractivity contribution in [2.24, 2.45) is 11.8 Å². The second kappa shape index (κ2) is 7.93. The molecule has 0 aliphatic carbocycles. The van der Waals surface area contributed by atoms with Crippen molar-refractivity contribution in [1.29, 1.82) is 0 Å². The lowest BCUT2D eigenvalue weighted by Crippen LogP contribution is -2.51. The fourth-order valence-corrected chi connectivity index (χ4v) is 3.52. The zero-order chi connectivity index (χ0) is 17.9. The molecule has 4 nitrogen and oxygen atoms in total. The van der Waals surface area contributed by atoms with Crippen LogP contribution >= 0.6 is 0 Å². The van der Waals surface area contributed by atoms with Crippen molar-refractivity contribution in [3.63, 3.8) is 0 Å². The number of carbonyl (C=O) groups excluding carboxylic acids is 2. The average Bonchev–Trinajstić information content (AvgIpc) is 3.04. The standard InChI is InChI=1S/C20H29NO3/c1-13(2)17(18(22)14(3)4)21(5)20(23)19-16(11-12-24-19)15-9-7-6-8-10-15/h6-10,13-14,16-17,19H,11-12H2,1-5H3/t16-,17+,19-/m1/s1. The van der Waals surface area contributed by atoms with Crippen LogP contribution in [0.1, 0.15) is 45.6 Å². The molecule has 1 amide bonds. The lowest BCUT2D eigenvalue weighted by molar-refractivity contribution is -0.148. The van der Waals surface area contributed by atoms with E-state index < -0.39 is 12.1 Å². The summed E-state index contributed by atoms with van der Waals surface area (Å²) in [5.74, 6) is 0.0553. The first-order chi connectivity index (χ1) is 11.3. The number of nitrogens with zero attached hydrogens (tertiary/aromatic N) is 1. The number of ketones is 1. The summed E-state index contributed by atoms with van der Waals surface area (Å²) in [6.07, 6.45) is 0.331. The Balaban J connectivity index is 2.20. The predicted molar refractivity (Wildman–Crippen MR) is 94.8 cm³/mol. The lowest BCUT2D eigenvalue weighted by Gasteiger charge is -2.34. The van der Waals surface area contributed by atoms with E-state index in [1.165, 1.54) is 0 Å². The number of benzene rings is 1. The number of Topliss-reactive ketones (excluding diaryl/α,β-unsaturated/α-hetero) is 1. The van der Waals surface area contributed by atoms with Crippen molar-refractivity contribution in [2.75, 3.05) is 13.7 Å². The van der Waals surface area contributed by atoms with E-state index in [1.54, 1.807) is 11.9 Å². The molecule has 1 fully saturated rings. The zero-order valence-corrected chi connectivity index (χ0v) is 15.4. The third-order valence-corrected chi connectivity index (χ3v) is 4.82. The van der Waals surface area contributed by atoms with Crippen LogP contribution in [0.15, 0.2) is 30.3 Å². The first-order valence-electron chi connectivity index (χ1n) is 8.81. The van der Waals surface area contributed by atoms with E-state index in [1.807, 2.05) is 58.0 Å². The minimum Gasteiger partial charge on any atom is -0.368 e.